The molecule has 1 rings (SSSR count). The van der Waals surface area contributed by atoms with Gasteiger partial charge in [-0.15, -0.1) is 0 Å². The minimum absolute atomic E-state index is 0.407. The molecule has 10 heavy (non-hydrogen) atoms. The van der Waals surface area contributed by atoms with Crippen molar-refractivity contribution < 1.29 is 4.79 Å². The van der Waals surface area contributed by atoms with Crippen molar-refractivity contribution in [1.29, 1.82) is 0 Å². The van der Waals surface area contributed by atoms with Gasteiger partial charge < -0.3 is 5.32 Å². The molecule has 0 aromatic carbocycles. The maximum atomic E-state index is 11.1. The molecule has 0 radical (unpaired) electrons. The molecule has 0 spiro atoms. The molecular formula is C8H15NO. The number of carbonyl (C=O) groups is 1. The molecule has 0 aromatic heterocycles. The van der Waals surface area contributed by atoms with E-state index in [1.165, 1.54) is 0 Å². The van der Waals surface area contributed by atoms with Crippen LogP contribution in [0.5, 0.6) is 0 Å². The fourth-order valence-corrected chi connectivity index (χ4v) is 1.04. The molecular weight excluding hydrogens is 126 g/mol. The first-order valence-electron chi connectivity index (χ1n) is 3.93. The highest BCUT2D eigenvalue weighted by Crippen LogP contribution is 2.08. The molecule has 1 fully saturated rings. The highest BCUT2D eigenvalue weighted by Gasteiger charge is 2.22. The summed E-state index contributed by atoms with van der Waals surface area (Å²) < 4.78 is 0. The van der Waals surface area contributed by atoms with Gasteiger partial charge >= 0.3 is 0 Å². The first-order valence-corrected chi connectivity index (χ1v) is 3.93. The second-order valence-electron chi connectivity index (χ2n) is 3.45. The summed E-state index contributed by atoms with van der Waals surface area (Å²) in [4.78, 5) is 11.1. The summed E-state index contributed by atoms with van der Waals surface area (Å²) in [6.07, 6.45) is 1.50. The number of hydrogen-bond acceptors (Lipinski definition) is 2. The van der Waals surface area contributed by atoms with E-state index in [4.69, 9.17) is 0 Å². The van der Waals surface area contributed by atoms with E-state index in [0.717, 1.165) is 19.4 Å². The van der Waals surface area contributed by atoms with Crippen molar-refractivity contribution in [2.75, 3.05) is 6.54 Å². The second-order valence-corrected chi connectivity index (χ2v) is 3.45. The van der Waals surface area contributed by atoms with Gasteiger partial charge in [-0.1, -0.05) is 13.8 Å². The zero-order valence-corrected chi connectivity index (χ0v) is 6.68. The van der Waals surface area contributed by atoms with E-state index in [9.17, 15) is 4.79 Å². The van der Waals surface area contributed by atoms with E-state index in [1.807, 2.05) is 0 Å². The Hall–Kier alpha value is -0.370. The van der Waals surface area contributed by atoms with Crippen LogP contribution in [0.4, 0.5) is 0 Å². The van der Waals surface area contributed by atoms with Crippen LogP contribution in [0.2, 0.25) is 0 Å². The number of rotatable bonds is 4. The van der Waals surface area contributed by atoms with E-state index in [0.29, 0.717) is 17.7 Å². The topological polar surface area (TPSA) is 39.0 Å². The van der Waals surface area contributed by atoms with Gasteiger partial charge in [-0.2, -0.15) is 0 Å². The predicted molar refractivity (Wildman–Crippen MR) is 40.9 cm³/mol. The summed E-state index contributed by atoms with van der Waals surface area (Å²) in [5.74, 6) is 0.927. The SMILES string of the molecule is CC(C)CC(=O)CC1CN1. The van der Waals surface area contributed by atoms with Crippen LogP contribution in [-0.2, 0) is 4.79 Å². The van der Waals surface area contributed by atoms with Crippen LogP contribution in [0.1, 0.15) is 26.7 Å². The van der Waals surface area contributed by atoms with Crippen LogP contribution in [0.25, 0.3) is 0 Å². The second kappa shape index (κ2) is 3.15. The summed E-state index contributed by atoms with van der Waals surface area (Å²) in [5, 5.41) is 3.12. The van der Waals surface area contributed by atoms with Crippen molar-refractivity contribution >= 4 is 5.78 Å². The summed E-state index contributed by atoms with van der Waals surface area (Å²) >= 11 is 0. The number of ketones is 1. The lowest BCUT2D eigenvalue weighted by Crippen LogP contribution is -2.07. The molecule has 1 saturated heterocycles. The van der Waals surface area contributed by atoms with Crippen molar-refractivity contribution in [3.05, 3.63) is 0 Å². The van der Waals surface area contributed by atoms with Gasteiger partial charge in [0, 0.05) is 25.4 Å². The molecule has 0 amide bonds. The molecule has 1 atom stereocenters. The molecule has 0 bridgehead atoms. The maximum absolute atomic E-state index is 11.1. The van der Waals surface area contributed by atoms with Gasteiger partial charge in [-0.3, -0.25) is 4.79 Å². The Morgan fingerprint density at radius 2 is 2.30 bits per heavy atom. The smallest absolute Gasteiger partial charge is 0.134 e. The van der Waals surface area contributed by atoms with Crippen molar-refractivity contribution in [2.45, 2.75) is 32.7 Å². The third-order valence-corrected chi connectivity index (χ3v) is 1.60. The first-order chi connectivity index (χ1) is 4.68. The van der Waals surface area contributed by atoms with E-state index < -0.39 is 0 Å². The Balaban J connectivity index is 2.08. The quantitative estimate of drug-likeness (QED) is 0.592. The van der Waals surface area contributed by atoms with Crippen LogP contribution in [0, 0.1) is 5.92 Å². The minimum Gasteiger partial charge on any atom is -0.311 e. The molecule has 1 heterocycles. The van der Waals surface area contributed by atoms with Gasteiger partial charge in [0.1, 0.15) is 5.78 Å². The van der Waals surface area contributed by atoms with Gasteiger partial charge in [0.05, 0.1) is 0 Å². The predicted octanol–water partition coefficient (Wildman–Crippen LogP) is 0.964. The Morgan fingerprint density at radius 1 is 1.70 bits per heavy atom. The number of nitrogens with one attached hydrogen (secondary N) is 1. The standard InChI is InChI=1S/C8H15NO/c1-6(2)3-8(10)4-7-5-9-7/h6-7,9H,3-5H2,1-2H3. The molecule has 1 N–H and O–H groups in total. The van der Waals surface area contributed by atoms with Crippen LogP contribution in [0.15, 0.2) is 0 Å². The van der Waals surface area contributed by atoms with Gasteiger partial charge in [-0.05, 0) is 5.92 Å². The maximum Gasteiger partial charge on any atom is 0.134 e. The highest BCUT2D eigenvalue weighted by atomic mass is 16.1. The summed E-state index contributed by atoms with van der Waals surface area (Å²) in [5.41, 5.74) is 0. The molecule has 0 aliphatic carbocycles. The molecule has 2 nitrogen and oxygen atoms in total. The minimum atomic E-state index is 0.407. The molecule has 0 saturated carbocycles. The van der Waals surface area contributed by atoms with Crippen molar-refractivity contribution in [1.82, 2.24) is 5.32 Å². The lowest BCUT2D eigenvalue weighted by molar-refractivity contribution is -0.119. The molecule has 2 heteroatoms. The zero-order valence-electron chi connectivity index (χ0n) is 6.68. The Labute approximate surface area is 62.0 Å². The number of Topliss-reactive ketones (excluding diaryl/α,β-unsaturated/α-hetero) is 1. The average Bonchev–Trinajstić information content (AvgIpc) is 2.46. The van der Waals surface area contributed by atoms with Crippen molar-refractivity contribution in [3.63, 3.8) is 0 Å². The summed E-state index contributed by atoms with van der Waals surface area (Å²) in [6, 6.07) is 0.520. The molecule has 58 valence electrons. The van der Waals surface area contributed by atoms with E-state index in [2.05, 4.69) is 19.2 Å². The summed E-state index contributed by atoms with van der Waals surface area (Å²) in [7, 11) is 0. The van der Waals surface area contributed by atoms with Gasteiger partial charge in [-0.25, -0.2) is 0 Å². The third-order valence-electron chi connectivity index (χ3n) is 1.60. The number of carbonyl (C=O) groups excluding carboxylic acids is 1. The monoisotopic (exact) mass is 141 g/mol. The highest BCUT2D eigenvalue weighted by molar-refractivity contribution is 5.79. The lowest BCUT2D eigenvalue weighted by Gasteiger charge is -2.00. The Morgan fingerprint density at radius 3 is 2.70 bits per heavy atom. The fourth-order valence-electron chi connectivity index (χ4n) is 1.04. The van der Waals surface area contributed by atoms with E-state index >= 15 is 0 Å². The average molecular weight is 141 g/mol. The molecule has 1 unspecified atom stereocenters. The van der Waals surface area contributed by atoms with Crippen LogP contribution in [-0.4, -0.2) is 18.4 Å². The van der Waals surface area contributed by atoms with E-state index in [1.54, 1.807) is 0 Å². The molecule has 1 aliphatic heterocycles. The normalized spacial score (nSPS) is 23.3. The Bertz CT molecular complexity index is 121. The van der Waals surface area contributed by atoms with Gasteiger partial charge in [0.25, 0.3) is 0 Å². The lowest BCUT2D eigenvalue weighted by atomic mass is 10.0. The first kappa shape index (κ1) is 7.73. The van der Waals surface area contributed by atoms with Crippen LogP contribution in [0.3, 0.4) is 0 Å². The van der Waals surface area contributed by atoms with E-state index in [-0.39, 0.29) is 0 Å². The molecule has 0 aromatic rings. The van der Waals surface area contributed by atoms with Crippen molar-refractivity contribution in [3.8, 4) is 0 Å². The largest absolute Gasteiger partial charge is 0.311 e. The van der Waals surface area contributed by atoms with Crippen LogP contribution < -0.4 is 5.32 Å². The van der Waals surface area contributed by atoms with Gasteiger partial charge in [0.2, 0.25) is 0 Å². The zero-order chi connectivity index (χ0) is 7.56. The summed E-state index contributed by atoms with van der Waals surface area (Å²) in [6.45, 7) is 5.21. The van der Waals surface area contributed by atoms with Crippen LogP contribution >= 0.6 is 0 Å². The number of hydrogen-bond donors (Lipinski definition) is 1. The third kappa shape index (κ3) is 2.97. The van der Waals surface area contributed by atoms with Crippen molar-refractivity contribution in [2.24, 2.45) is 5.92 Å². The Kier molecular flexibility index (Phi) is 2.44. The fraction of sp³-hybridized carbons (Fsp3) is 0.875. The molecule has 1 aliphatic rings. The van der Waals surface area contributed by atoms with Gasteiger partial charge in [0.15, 0.2) is 0 Å².